The molecule has 4 nitrogen and oxygen atoms in total. The minimum absolute atomic E-state index is 0.0907. The Bertz CT molecular complexity index is 196. The van der Waals surface area contributed by atoms with Gasteiger partial charge in [0.05, 0.1) is 6.54 Å². The number of hydrogen-bond donors (Lipinski definition) is 1. The van der Waals surface area contributed by atoms with Crippen LogP contribution in [-0.2, 0) is 4.79 Å². The number of rotatable bonds is 4. The number of nitrogens with two attached hydrogens (primary N) is 1. The van der Waals surface area contributed by atoms with Gasteiger partial charge in [-0.2, -0.15) is 0 Å². The molecular formula is C11H23N3O. The Labute approximate surface area is 92.4 Å². The van der Waals surface area contributed by atoms with E-state index in [1.807, 2.05) is 4.90 Å². The molecule has 0 aromatic rings. The zero-order chi connectivity index (χ0) is 11.3. The summed E-state index contributed by atoms with van der Waals surface area (Å²) in [7, 11) is 0. The van der Waals surface area contributed by atoms with Gasteiger partial charge in [-0.1, -0.05) is 13.8 Å². The molecule has 1 rings (SSSR count). The van der Waals surface area contributed by atoms with Crippen LogP contribution in [0.5, 0.6) is 0 Å². The van der Waals surface area contributed by atoms with E-state index in [4.69, 9.17) is 5.73 Å². The van der Waals surface area contributed by atoms with E-state index in [-0.39, 0.29) is 12.5 Å². The third kappa shape index (κ3) is 3.18. The van der Waals surface area contributed by atoms with Crippen molar-refractivity contribution in [2.75, 3.05) is 32.7 Å². The van der Waals surface area contributed by atoms with Crippen LogP contribution in [0.2, 0.25) is 0 Å². The number of amides is 1. The number of nitrogens with zero attached hydrogens (tertiary/aromatic N) is 2. The van der Waals surface area contributed by atoms with E-state index in [1.165, 1.54) is 0 Å². The SMILES string of the molecule is CCN(CC)C1CCN(C(=O)CN)CC1. The molecule has 0 bridgehead atoms. The Morgan fingerprint density at radius 3 is 2.27 bits per heavy atom. The van der Waals surface area contributed by atoms with E-state index in [2.05, 4.69) is 18.7 Å². The van der Waals surface area contributed by atoms with Gasteiger partial charge in [0.25, 0.3) is 0 Å². The van der Waals surface area contributed by atoms with E-state index >= 15 is 0 Å². The Morgan fingerprint density at radius 1 is 1.33 bits per heavy atom. The highest BCUT2D eigenvalue weighted by Gasteiger charge is 2.24. The molecular weight excluding hydrogens is 190 g/mol. The molecule has 1 fully saturated rings. The first-order valence-electron chi connectivity index (χ1n) is 5.94. The number of likely N-dealkylation sites (tertiary alicyclic amines) is 1. The second-order valence-electron chi connectivity index (χ2n) is 4.04. The van der Waals surface area contributed by atoms with Crippen LogP contribution < -0.4 is 5.73 Å². The highest BCUT2D eigenvalue weighted by Crippen LogP contribution is 2.15. The predicted molar refractivity (Wildman–Crippen MR) is 61.6 cm³/mol. The van der Waals surface area contributed by atoms with E-state index in [0.29, 0.717) is 6.04 Å². The van der Waals surface area contributed by atoms with Crippen LogP contribution in [0.15, 0.2) is 0 Å². The predicted octanol–water partition coefficient (Wildman–Crippen LogP) is 0.278. The monoisotopic (exact) mass is 213 g/mol. The zero-order valence-corrected chi connectivity index (χ0v) is 9.91. The molecule has 15 heavy (non-hydrogen) atoms. The van der Waals surface area contributed by atoms with Crippen LogP contribution >= 0.6 is 0 Å². The average molecular weight is 213 g/mol. The summed E-state index contributed by atoms with van der Waals surface area (Å²) in [6, 6.07) is 0.654. The van der Waals surface area contributed by atoms with E-state index in [9.17, 15) is 4.79 Å². The summed E-state index contributed by atoms with van der Waals surface area (Å²) in [6.07, 6.45) is 2.18. The fourth-order valence-corrected chi connectivity index (χ4v) is 2.35. The minimum Gasteiger partial charge on any atom is -0.341 e. The van der Waals surface area contributed by atoms with Gasteiger partial charge in [-0.15, -0.1) is 0 Å². The molecule has 0 aliphatic carbocycles. The maximum Gasteiger partial charge on any atom is 0.236 e. The standard InChI is InChI=1S/C11H23N3O/c1-3-13(4-2)10-5-7-14(8-6-10)11(15)9-12/h10H,3-9,12H2,1-2H3. The normalized spacial score (nSPS) is 18.5. The van der Waals surface area contributed by atoms with E-state index in [1.54, 1.807) is 0 Å². The van der Waals surface area contributed by atoms with Gasteiger partial charge in [0.15, 0.2) is 0 Å². The first kappa shape index (κ1) is 12.5. The molecule has 1 aliphatic heterocycles. The van der Waals surface area contributed by atoms with Gasteiger partial charge in [-0.25, -0.2) is 0 Å². The second-order valence-corrected chi connectivity index (χ2v) is 4.04. The first-order chi connectivity index (χ1) is 7.22. The molecule has 0 aromatic heterocycles. The third-order valence-electron chi connectivity index (χ3n) is 3.32. The third-order valence-corrected chi connectivity index (χ3v) is 3.32. The molecule has 0 saturated carbocycles. The Morgan fingerprint density at radius 2 is 1.87 bits per heavy atom. The van der Waals surface area contributed by atoms with Crippen LogP contribution in [0.4, 0.5) is 0 Å². The van der Waals surface area contributed by atoms with Gasteiger partial charge in [-0.3, -0.25) is 4.79 Å². The molecule has 4 heteroatoms. The van der Waals surface area contributed by atoms with Gasteiger partial charge in [0, 0.05) is 19.1 Å². The van der Waals surface area contributed by atoms with Crippen molar-refractivity contribution in [2.45, 2.75) is 32.7 Å². The maximum absolute atomic E-state index is 11.4. The summed E-state index contributed by atoms with van der Waals surface area (Å²) in [5.41, 5.74) is 5.35. The quantitative estimate of drug-likeness (QED) is 0.729. The molecule has 1 saturated heterocycles. The summed E-state index contributed by atoms with van der Waals surface area (Å²) in [6.45, 7) is 8.49. The smallest absolute Gasteiger partial charge is 0.236 e. The molecule has 1 amide bonds. The van der Waals surface area contributed by atoms with Crippen LogP contribution in [0, 0.1) is 0 Å². The van der Waals surface area contributed by atoms with E-state index in [0.717, 1.165) is 39.0 Å². The maximum atomic E-state index is 11.4. The molecule has 0 spiro atoms. The van der Waals surface area contributed by atoms with Crippen molar-refractivity contribution >= 4 is 5.91 Å². The molecule has 0 atom stereocenters. The summed E-state index contributed by atoms with van der Waals surface area (Å²) in [4.78, 5) is 15.7. The average Bonchev–Trinajstić information content (AvgIpc) is 2.30. The van der Waals surface area contributed by atoms with E-state index < -0.39 is 0 Å². The fraction of sp³-hybridized carbons (Fsp3) is 0.909. The van der Waals surface area contributed by atoms with Crippen molar-refractivity contribution < 1.29 is 4.79 Å². The van der Waals surface area contributed by atoms with Gasteiger partial charge >= 0.3 is 0 Å². The molecule has 0 radical (unpaired) electrons. The summed E-state index contributed by atoms with van der Waals surface area (Å²) in [5, 5.41) is 0. The zero-order valence-electron chi connectivity index (χ0n) is 9.91. The Balaban J connectivity index is 2.38. The number of piperidine rings is 1. The van der Waals surface area contributed by atoms with Crippen LogP contribution in [0.25, 0.3) is 0 Å². The lowest BCUT2D eigenvalue weighted by Gasteiger charge is -2.37. The molecule has 88 valence electrons. The highest BCUT2D eigenvalue weighted by molar-refractivity contribution is 5.78. The van der Waals surface area contributed by atoms with Gasteiger partial charge in [0.1, 0.15) is 0 Å². The first-order valence-corrected chi connectivity index (χ1v) is 5.94. The Hall–Kier alpha value is -0.610. The summed E-state index contributed by atoms with van der Waals surface area (Å²) < 4.78 is 0. The second kappa shape index (κ2) is 6.08. The van der Waals surface area contributed by atoms with Crippen molar-refractivity contribution in [1.29, 1.82) is 0 Å². The lowest BCUT2D eigenvalue weighted by atomic mass is 10.0. The summed E-state index contributed by atoms with van der Waals surface area (Å²) in [5.74, 6) is 0.0907. The van der Waals surface area contributed by atoms with Crippen molar-refractivity contribution in [3.8, 4) is 0 Å². The van der Waals surface area contributed by atoms with Crippen molar-refractivity contribution in [1.82, 2.24) is 9.80 Å². The van der Waals surface area contributed by atoms with Gasteiger partial charge < -0.3 is 15.5 Å². The van der Waals surface area contributed by atoms with Crippen molar-refractivity contribution in [3.63, 3.8) is 0 Å². The minimum atomic E-state index is 0.0907. The number of hydrogen-bond acceptors (Lipinski definition) is 3. The fourth-order valence-electron chi connectivity index (χ4n) is 2.35. The lowest BCUT2D eigenvalue weighted by Crippen LogP contribution is -2.48. The molecule has 2 N–H and O–H groups in total. The number of carbonyl (C=O) groups excluding carboxylic acids is 1. The highest BCUT2D eigenvalue weighted by atomic mass is 16.2. The Kier molecular flexibility index (Phi) is 5.05. The summed E-state index contributed by atoms with van der Waals surface area (Å²) >= 11 is 0. The van der Waals surface area contributed by atoms with Crippen LogP contribution in [0.1, 0.15) is 26.7 Å². The van der Waals surface area contributed by atoms with Crippen molar-refractivity contribution in [3.05, 3.63) is 0 Å². The van der Waals surface area contributed by atoms with Gasteiger partial charge in [-0.05, 0) is 25.9 Å². The molecule has 0 unspecified atom stereocenters. The number of carbonyl (C=O) groups is 1. The molecule has 1 aliphatic rings. The van der Waals surface area contributed by atoms with Gasteiger partial charge in [0.2, 0.25) is 5.91 Å². The largest absolute Gasteiger partial charge is 0.341 e. The van der Waals surface area contributed by atoms with Crippen LogP contribution in [0.3, 0.4) is 0 Å². The lowest BCUT2D eigenvalue weighted by molar-refractivity contribution is -0.131. The molecule has 1 heterocycles. The molecule has 0 aromatic carbocycles. The van der Waals surface area contributed by atoms with Crippen molar-refractivity contribution in [2.24, 2.45) is 5.73 Å². The topological polar surface area (TPSA) is 49.6 Å². The van der Waals surface area contributed by atoms with Crippen LogP contribution in [-0.4, -0.2) is 54.5 Å².